The molecule has 2 fully saturated rings. The minimum absolute atomic E-state index is 0. The second kappa shape index (κ2) is 8.24. The largest absolute Gasteiger partial charge is 0.332 e. The third-order valence-corrected chi connectivity index (χ3v) is 5.13. The van der Waals surface area contributed by atoms with E-state index in [1.54, 1.807) is 16.7 Å². The highest BCUT2D eigenvalue weighted by molar-refractivity contribution is 8.00. The molecule has 2 heterocycles. The number of nitrogens with one attached hydrogen (secondary N) is 1. The van der Waals surface area contributed by atoms with Gasteiger partial charge in [0.2, 0.25) is 11.8 Å². The van der Waals surface area contributed by atoms with Crippen molar-refractivity contribution in [1.29, 1.82) is 0 Å². The first kappa shape index (κ1) is 18.4. The predicted molar refractivity (Wildman–Crippen MR) is 95.1 cm³/mol. The summed E-state index contributed by atoms with van der Waals surface area (Å²) in [5.41, 5.74) is 1.02. The van der Waals surface area contributed by atoms with Gasteiger partial charge in [0.15, 0.2) is 0 Å². The Morgan fingerprint density at radius 2 is 2.26 bits per heavy atom. The van der Waals surface area contributed by atoms with E-state index in [0.717, 1.165) is 12.1 Å². The van der Waals surface area contributed by atoms with Crippen molar-refractivity contribution in [2.45, 2.75) is 6.04 Å². The van der Waals surface area contributed by atoms with Gasteiger partial charge < -0.3 is 15.1 Å². The number of carbonyl (C=O) groups is 2. The summed E-state index contributed by atoms with van der Waals surface area (Å²) < 4.78 is 0. The van der Waals surface area contributed by atoms with Crippen LogP contribution < -0.4 is 5.32 Å². The molecule has 5 nitrogen and oxygen atoms in total. The Morgan fingerprint density at radius 1 is 1.43 bits per heavy atom. The lowest BCUT2D eigenvalue weighted by atomic mass is 10.0. The molecule has 2 aliphatic heterocycles. The molecule has 2 amide bonds. The molecule has 0 aromatic heterocycles. The molecule has 2 saturated heterocycles. The summed E-state index contributed by atoms with van der Waals surface area (Å²) >= 11 is 7.62. The van der Waals surface area contributed by atoms with Gasteiger partial charge >= 0.3 is 0 Å². The van der Waals surface area contributed by atoms with Crippen molar-refractivity contribution < 1.29 is 9.59 Å². The summed E-state index contributed by atoms with van der Waals surface area (Å²) in [6.45, 7) is 2.29. The SMILES string of the molecule is Cl.O=C1CSCN1CC(=O)N1CCNCC1c1cccc(Cl)c1. The molecule has 126 valence electrons. The van der Waals surface area contributed by atoms with Crippen LogP contribution in [0.25, 0.3) is 0 Å². The van der Waals surface area contributed by atoms with E-state index in [9.17, 15) is 9.59 Å². The third-order valence-electron chi connectivity index (χ3n) is 3.95. The fourth-order valence-electron chi connectivity index (χ4n) is 2.81. The minimum Gasteiger partial charge on any atom is -0.332 e. The van der Waals surface area contributed by atoms with Crippen LogP contribution in [-0.2, 0) is 9.59 Å². The van der Waals surface area contributed by atoms with E-state index in [1.165, 1.54) is 0 Å². The molecule has 3 rings (SSSR count). The van der Waals surface area contributed by atoms with Gasteiger partial charge in [-0.25, -0.2) is 0 Å². The zero-order valence-electron chi connectivity index (χ0n) is 12.5. The Kier molecular flexibility index (Phi) is 6.59. The van der Waals surface area contributed by atoms with Crippen LogP contribution in [0, 0.1) is 0 Å². The first-order chi connectivity index (χ1) is 10.6. The van der Waals surface area contributed by atoms with E-state index in [4.69, 9.17) is 11.6 Å². The summed E-state index contributed by atoms with van der Waals surface area (Å²) in [5.74, 6) is 1.14. The van der Waals surface area contributed by atoms with Crippen molar-refractivity contribution in [1.82, 2.24) is 15.1 Å². The van der Waals surface area contributed by atoms with Crippen LogP contribution in [0.3, 0.4) is 0 Å². The Bertz CT molecular complexity index is 588. The normalized spacial score (nSPS) is 21.3. The fraction of sp³-hybridized carbons (Fsp3) is 0.467. The maximum Gasteiger partial charge on any atom is 0.242 e. The fourth-order valence-corrected chi connectivity index (χ4v) is 3.91. The van der Waals surface area contributed by atoms with Gasteiger partial charge in [0, 0.05) is 24.7 Å². The van der Waals surface area contributed by atoms with E-state index in [2.05, 4.69) is 5.32 Å². The maximum absolute atomic E-state index is 12.6. The van der Waals surface area contributed by atoms with Gasteiger partial charge in [-0.2, -0.15) is 0 Å². The predicted octanol–water partition coefficient (Wildman–Crippen LogP) is 1.77. The quantitative estimate of drug-likeness (QED) is 0.874. The molecule has 0 saturated carbocycles. The first-order valence-corrected chi connectivity index (χ1v) is 8.79. The van der Waals surface area contributed by atoms with E-state index >= 15 is 0 Å². The number of thioether (sulfide) groups is 1. The highest BCUT2D eigenvalue weighted by Crippen LogP contribution is 2.25. The van der Waals surface area contributed by atoms with Crippen molar-refractivity contribution in [3.63, 3.8) is 0 Å². The third kappa shape index (κ3) is 4.32. The summed E-state index contributed by atoms with van der Waals surface area (Å²) in [4.78, 5) is 27.8. The highest BCUT2D eigenvalue weighted by atomic mass is 35.5. The van der Waals surface area contributed by atoms with Crippen molar-refractivity contribution >= 4 is 47.6 Å². The van der Waals surface area contributed by atoms with Crippen molar-refractivity contribution in [2.75, 3.05) is 37.8 Å². The van der Waals surface area contributed by atoms with Gasteiger partial charge in [-0.3, -0.25) is 9.59 Å². The molecular formula is C15H19Cl2N3O2S. The Hall–Kier alpha value is -0.950. The van der Waals surface area contributed by atoms with Crippen LogP contribution in [0.2, 0.25) is 5.02 Å². The summed E-state index contributed by atoms with van der Waals surface area (Å²) in [6.07, 6.45) is 0. The molecule has 23 heavy (non-hydrogen) atoms. The van der Waals surface area contributed by atoms with Gasteiger partial charge in [0.1, 0.15) is 6.54 Å². The van der Waals surface area contributed by atoms with Crippen LogP contribution in [0.15, 0.2) is 24.3 Å². The molecule has 0 aliphatic carbocycles. The van der Waals surface area contributed by atoms with Gasteiger partial charge in [0.05, 0.1) is 17.7 Å². The second-order valence-corrected chi connectivity index (χ2v) is 6.82. The molecule has 2 aliphatic rings. The molecule has 0 radical (unpaired) electrons. The second-order valence-electron chi connectivity index (χ2n) is 5.43. The van der Waals surface area contributed by atoms with Gasteiger partial charge in [-0.05, 0) is 17.7 Å². The number of nitrogens with zero attached hydrogens (tertiary/aromatic N) is 2. The number of rotatable bonds is 3. The zero-order chi connectivity index (χ0) is 15.5. The van der Waals surface area contributed by atoms with Crippen molar-refractivity contribution in [3.05, 3.63) is 34.9 Å². The number of amides is 2. The summed E-state index contributed by atoms with van der Waals surface area (Å²) in [6, 6.07) is 7.57. The van der Waals surface area contributed by atoms with Gasteiger partial charge in [0.25, 0.3) is 0 Å². The molecule has 1 N–H and O–H groups in total. The van der Waals surface area contributed by atoms with Crippen molar-refractivity contribution in [3.8, 4) is 0 Å². The number of benzene rings is 1. The van der Waals surface area contributed by atoms with Crippen LogP contribution in [-0.4, -0.2) is 59.4 Å². The zero-order valence-corrected chi connectivity index (χ0v) is 14.9. The smallest absolute Gasteiger partial charge is 0.242 e. The lowest BCUT2D eigenvalue weighted by Crippen LogP contribution is -2.51. The average molecular weight is 376 g/mol. The summed E-state index contributed by atoms with van der Waals surface area (Å²) in [5, 5.41) is 3.99. The molecule has 1 unspecified atom stereocenters. The lowest BCUT2D eigenvalue weighted by molar-refractivity contribution is -0.140. The molecule has 1 aromatic rings. The summed E-state index contributed by atoms with van der Waals surface area (Å²) in [7, 11) is 0. The molecule has 1 atom stereocenters. The highest BCUT2D eigenvalue weighted by Gasteiger charge is 2.31. The van der Waals surface area contributed by atoms with Gasteiger partial charge in [-0.1, -0.05) is 23.7 Å². The average Bonchev–Trinajstić information content (AvgIpc) is 2.92. The Morgan fingerprint density at radius 3 is 2.96 bits per heavy atom. The molecule has 1 aromatic carbocycles. The van der Waals surface area contributed by atoms with Crippen LogP contribution >= 0.6 is 35.8 Å². The standard InChI is InChI=1S/C15H18ClN3O2S.ClH/c16-12-3-1-2-11(6-12)13-7-17-4-5-19(13)14(20)8-18-10-22-9-15(18)21;/h1-3,6,13,17H,4-5,7-10H2;1H. The van der Waals surface area contributed by atoms with Crippen LogP contribution in [0.1, 0.15) is 11.6 Å². The molecule has 8 heteroatoms. The minimum atomic E-state index is -0.0368. The molecule has 0 spiro atoms. The van der Waals surface area contributed by atoms with E-state index in [-0.39, 0.29) is 36.8 Å². The maximum atomic E-state index is 12.6. The van der Waals surface area contributed by atoms with E-state index < -0.39 is 0 Å². The first-order valence-electron chi connectivity index (χ1n) is 7.26. The van der Waals surface area contributed by atoms with E-state index in [1.807, 2.05) is 29.2 Å². The number of hydrogen-bond acceptors (Lipinski definition) is 4. The Labute approximate surface area is 151 Å². The van der Waals surface area contributed by atoms with Crippen LogP contribution in [0.5, 0.6) is 0 Å². The number of halogens is 2. The van der Waals surface area contributed by atoms with Crippen LogP contribution in [0.4, 0.5) is 0 Å². The topological polar surface area (TPSA) is 52.7 Å². The lowest BCUT2D eigenvalue weighted by Gasteiger charge is -2.37. The monoisotopic (exact) mass is 375 g/mol. The van der Waals surface area contributed by atoms with Gasteiger partial charge in [-0.15, -0.1) is 24.2 Å². The number of hydrogen-bond donors (Lipinski definition) is 1. The van der Waals surface area contributed by atoms with Crippen molar-refractivity contribution in [2.24, 2.45) is 0 Å². The van der Waals surface area contributed by atoms with E-state index in [0.29, 0.717) is 29.7 Å². The Balaban J connectivity index is 0.00000192. The number of carbonyl (C=O) groups excluding carboxylic acids is 2. The molecule has 0 bridgehead atoms. The number of piperazine rings is 1. The molecular weight excluding hydrogens is 357 g/mol.